The summed E-state index contributed by atoms with van der Waals surface area (Å²) in [6.45, 7) is 2.72. The Morgan fingerprint density at radius 1 is 1.00 bits per heavy atom. The second-order valence-electron chi connectivity index (χ2n) is 4.63. The number of benzene rings is 2. The summed E-state index contributed by atoms with van der Waals surface area (Å²) in [5.41, 5.74) is 1.32. The van der Waals surface area contributed by atoms with Gasteiger partial charge in [-0.05, 0) is 28.5 Å². The molecule has 0 atom stereocenters. The number of fused-ring (bicyclic) bond motifs is 1. The van der Waals surface area contributed by atoms with Crippen LogP contribution in [0, 0.1) is 0 Å². The minimum atomic E-state index is 0.895. The smallest absolute Gasteiger partial charge is 0.0534 e. The molecule has 0 bridgehead atoms. The van der Waals surface area contributed by atoms with Gasteiger partial charge in [-0.1, -0.05) is 36.4 Å². The molecule has 1 N–H and O–H groups in total. The highest BCUT2D eigenvalue weighted by molar-refractivity contribution is 5.82. The van der Waals surface area contributed by atoms with Gasteiger partial charge in [0, 0.05) is 25.5 Å². The van der Waals surface area contributed by atoms with Crippen molar-refractivity contribution in [2.75, 3.05) is 6.54 Å². The van der Waals surface area contributed by atoms with Gasteiger partial charge in [0.2, 0.25) is 0 Å². The van der Waals surface area contributed by atoms with Crippen molar-refractivity contribution in [3.8, 4) is 0 Å². The minimum Gasteiger partial charge on any atom is -0.311 e. The van der Waals surface area contributed by atoms with E-state index in [1.165, 1.54) is 16.3 Å². The summed E-state index contributed by atoms with van der Waals surface area (Å²) >= 11 is 0. The summed E-state index contributed by atoms with van der Waals surface area (Å²) < 4.78 is 1.94. The minimum absolute atomic E-state index is 0.895. The molecule has 19 heavy (non-hydrogen) atoms. The molecule has 1 aromatic heterocycles. The highest BCUT2D eigenvalue weighted by Gasteiger charge is 1.96. The zero-order valence-corrected chi connectivity index (χ0v) is 10.8. The van der Waals surface area contributed by atoms with E-state index >= 15 is 0 Å². The van der Waals surface area contributed by atoms with Gasteiger partial charge in [-0.3, -0.25) is 4.68 Å². The molecule has 0 aliphatic rings. The van der Waals surface area contributed by atoms with Crippen molar-refractivity contribution in [3.05, 3.63) is 66.5 Å². The van der Waals surface area contributed by atoms with Gasteiger partial charge in [0.1, 0.15) is 0 Å². The Balaban J connectivity index is 1.56. The molecule has 2 aromatic carbocycles. The number of rotatable bonds is 5. The predicted molar refractivity (Wildman–Crippen MR) is 77.9 cm³/mol. The average molecular weight is 251 g/mol. The van der Waals surface area contributed by atoms with E-state index in [-0.39, 0.29) is 0 Å². The number of hydrogen-bond donors (Lipinski definition) is 1. The fourth-order valence-electron chi connectivity index (χ4n) is 2.21. The fraction of sp³-hybridized carbons (Fsp3) is 0.188. The highest BCUT2D eigenvalue weighted by Crippen LogP contribution is 2.15. The predicted octanol–water partition coefficient (Wildman–Crippen LogP) is 2.83. The Kier molecular flexibility index (Phi) is 3.56. The summed E-state index contributed by atoms with van der Waals surface area (Å²) in [6, 6.07) is 17.0. The monoisotopic (exact) mass is 251 g/mol. The summed E-state index contributed by atoms with van der Waals surface area (Å²) in [4.78, 5) is 0. The number of nitrogens with one attached hydrogen (secondary N) is 1. The number of hydrogen-bond acceptors (Lipinski definition) is 2. The zero-order chi connectivity index (χ0) is 12.9. The Hall–Kier alpha value is -2.13. The topological polar surface area (TPSA) is 29.9 Å². The maximum atomic E-state index is 4.18. The van der Waals surface area contributed by atoms with Crippen molar-refractivity contribution in [2.45, 2.75) is 13.1 Å². The second kappa shape index (κ2) is 5.67. The highest BCUT2D eigenvalue weighted by atomic mass is 15.3. The maximum Gasteiger partial charge on any atom is 0.0534 e. The molecular weight excluding hydrogens is 234 g/mol. The fourth-order valence-corrected chi connectivity index (χ4v) is 2.21. The van der Waals surface area contributed by atoms with Gasteiger partial charge in [0.15, 0.2) is 0 Å². The van der Waals surface area contributed by atoms with Crippen molar-refractivity contribution in [3.63, 3.8) is 0 Å². The van der Waals surface area contributed by atoms with Crippen LogP contribution in [0.2, 0.25) is 0 Å². The standard InChI is InChI=1S/C16H17N3/c1-2-5-16-12-14(6-7-15(16)4-1)13-17-9-11-19-10-3-8-18-19/h1-8,10,12,17H,9,11,13H2. The molecule has 0 aliphatic heterocycles. The molecule has 0 saturated heterocycles. The lowest BCUT2D eigenvalue weighted by atomic mass is 10.1. The molecule has 96 valence electrons. The van der Waals surface area contributed by atoms with Crippen LogP contribution in [-0.4, -0.2) is 16.3 Å². The van der Waals surface area contributed by atoms with E-state index < -0.39 is 0 Å². The van der Waals surface area contributed by atoms with Crippen molar-refractivity contribution < 1.29 is 0 Å². The first-order valence-corrected chi connectivity index (χ1v) is 6.58. The van der Waals surface area contributed by atoms with Gasteiger partial charge < -0.3 is 5.32 Å². The molecule has 3 heteroatoms. The van der Waals surface area contributed by atoms with E-state index in [9.17, 15) is 0 Å². The molecule has 0 aliphatic carbocycles. The SMILES string of the molecule is c1ccc2cc(CNCCn3cccn3)ccc2c1. The van der Waals surface area contributed by atoms with Crippen LogP contribution in [-0.2, 0) is 13.1 Å². The van der Waals surface area contributed by atoms with E-state index in [1.54, 1.807) is 0 Å². The lowest BCUT2D eigenvalue weighted by molar-refractivity contribution is 0.555. The Bertz CT molecular complexity index is 644. The normalized spacial score (nSPS) is 10.9. The molecule has 3 rings (SSSR count). The first-order chi connectivity index (χ1) is 9.42. The lowest BCUT2D eigenvalue weighted by Gasteiger charge is -2.06. The summed E-state index contributed by atoms with van der Waals surface area (Å²) in [5.74, 6) is 0. The van der Waals surface area contributed by atoms with Crippen LogP contribution in [0.3, 0.4) is 0 Å². The molecule has 3 nitrogen and oxygen atoms in total. The van der Waals surface area contributed by atoms with Crippen molar-refractivity contribution in [1.29, 1.82) is 0 Å². The van der Waals surface area contributed by atoms with Crippen LogP contribution in [0.5, 0.6) is 0 Å². The largest absolute Gasteiger partial charge is 0.311 e. The van der Waals surface area contributed by atoms with Crippen molar-refractivity contribution in [1.82, 2.24) is 15.1 Å². The Morgan fingerprint density at radius 3 is 2.74 bits per heavy atom. The Labute approximate surface area is 112 Å². The third-order valence-electron chi connectivity index (χ3n) is 3.22. The third kappa shape index (κ3) is 3.01. The molecule has 0 unspecified atom stereocenters. The van der Waals surface area contributed by atoms with E-state index in [0.29, 0.717) is 0 Å². The first-order valence-electron chi connectivity index (χ1n) is 6.58. The van der Waals surface area contributed by atoms with Gasteiger partial charge in [0.05, 0.1) is 6.54 Å². The van der Waals surface area contributed by atoms with Crippen LogP contribution < -0.4 is 5.32 Å². The summed E-state index contributed by atoms with van der Waals surface area (Å²) in [5, 5.41) is 10.2. The Morgan fingerprint density at radius 2 is 1.89 bits per heavy atom. The van der Waals surface area contributed by atoms with E-state index in [4.69, 9.17) is 0 Å². The van der Waals surface area contributed by atoms with Gasteiger partial charge >= 0.3 is 0 Å². The summed E-state index contributed by atoms with van der Waals surface area (Å²) in [7, 11) is 0. The van der Waals surface area contributed by atoms with Crippen LogP contribution in [0.25, 0.3) is 10.8 Å². The van der Waals surface area contributed by atoms with Crippen LogP contribution in [0.4, 0.5) is 0 Å². The van der Waals surface area contributed by atoms with Crippen molar-refractivity contribution in [2.24, 2.45) is 0 Å². The molecule has 0 amide bonds. The molecule has 3 aromatic rings. The zero-order valence-electron chi connectivity index (χ0n) is 10.8. The quantitative estimate of drug-likeness (QED) is 0.707. The van der Waals surface area contributed by atoms with Gasteiger partial charge in [0.25, 0.3) is 0 Å². The maximum absolute atomic E-state index is 4.18. The first kappa shape index (κ1) is 11.9. The van der Waals surface area contributed by atoms with E-state index in [0.717, 1.165) is 19.6 Å². The molecule has 0 fully saturated rings. The third-order valence-corrected chi connectivity index (χ3v) is 3.22. The number of nitrogens with zero attached hydrogens (tertiary/aromatic N) is 2. The lowest BCUT2D eigenvalue weighted by Crippen LogP contribution is -2.19. The van der Waals surface area contributed by atoms with Crippen molar-refractivity contribution >= 4 is 10.8 Å². The van der Waals surface area contributed by atoms with Crippen LogP contribution in [0.15, 0.2) is 60.9 Å². The average Bonchev–Trinajstić information content (AvgIpc) is 2.97. The van der Waals surface area contributed by atoms with Gasteiger partial charge in [-0.15, -0.1) is 0 Å². The number of aromatic nitrogens is 2. The van der Waals surface area contributed by atoms with Crippen LogP contribution in [0.1, 0.15) is 5.56 Å². The second-order valence-corrected chi connectivity index (χ2v) is 4.63. The molecule has 1 heterocycles. The molecule has 0 saturated carbocycles. The van der Waals surface area contributed by atoms with Gasteiger partial charge in [-0.25, -0.2) is 0 Å². The molecule has 0 radical (unpaired) electrons. The van der Waals surface area contributed by atoms with Gasteiger partial charge in [-0.2, -0.15) is 5.10 Å². The molecule has 0 spiro atoms. The van der Waals surface area contributed by atoms with E-state index in [2.05, 4.69) is 52.9 Å². The van der Waals surface area contributed by atoms with E-state index in [1.807, 2.05) is 23.1 Å². The van der Waals surface area contributed by atoms with Crippen LogP contribution >= 0.6 is 0 Å². The molecular formula is C16H17N3. The summed E-state index contributed by atoms with van der Waals surface area (Å²) in [6.07, 6.45) is 3.79.